The van der Waals surface area contributed by atoms with E-state index in [9.17, 15) is 4.79 Å². The van der Waals surface area contributed by atoms with E-state index in [1.807, 2.05) is 25.1 Å². The number of aromatic nitrogens is 4. The quantitative estimate of drug-likeness (QED) is 0.364. The molecule has 1 aromatic heterocycles. The van der Waals surface area contributed by atoms with Gasteiger partial charge in [-0.2, -0.15) is 15.3 Å². The van der Waals surface area contributed by atoms with Crippen LogP contribution in [0.4, 0.5) is 0 Å². The fraction of sp³-hybridized carbons (Fsp3) is 0.375. The standard InChI is InChI=1S/C24H27N5O3/c1-14(16-12-13-21(31-3)19-8-4-7-18(16)19)23(32-25)22-17(15-10-11-15)6-5-9-20(22)29-24(30)28(2)26-27-29/h5-6,9,12-13,15H,4,7-8,10-11,25H2,1-3H3/b23-14+. The van der Waals surface area contributed by atoms with Crippen molar-refractivity contribution < 1.29 is 9.57 Å². The number of ether oxygens (including phenoxy) is 1. The highest BCUT2D eigenvalue weighted by Gasteiger charge is 2.31. The molecule has 0 spiro atoms. The van der Waals surface area contributed by atoms with E-state index in [0.717, 1.165) is 60.1 Å². The van der Waals surface area contributed by atoms with E-state index in [0.29, 0.717) is 17.4 Å². The SMILES string of the molecule is COc1ccc(/C(C)=C(/ON)c2c(C3CC3)cccc2-n2nnn(C)c2=O)c2c1CCC2. The van der Waals surface area contributed by atoms with Crippen molar-refractivity contribution >= 4 is 11.3 Å². The number of nitrogens with zero attached hydrogens (tertiary/aromatic N) is 4. The van der Waals surface area contributed by atoms with Gasteiger partial charge in [-0.15, -0.1) is 0 Å². The second-order valence-electron chi connectivity index (χ2n) is 8.51. The van der Waals surface area contributed by atoms with E-state index >= 15 is 0 Å². The molecular weight excluding hydrogens is 406 g/mol. The highest BCUT2D eigenvalue weighted by atomic mass is 16.6. The van der Waals surface area contributed by atoms with Crippen LogP contribution in [0.25, 0.3) is 17.0 Å². The zero-order chi connectivity index (χ0) is 22.4. The number of hydrogen-bond donors (Lipinski definition) is 1. The maximum atomic E-state index is 12.7. The van der Waals surface area contributed by atoms with Gasteiger partial charge in [-0.3, -0.25) is 0 Å². The molecule has 0 saturated heterocycles. The van der Waals surface area contributed by atoms with Gasteiger partial charge in [0, 0.05) is 18.2 Å². The fourth-order valence-electron chi connectivity index (χ4n) is 4.85. The predicted octanol–water partition coefficient (Wildman–Crippen LogP) is 3.12. The lowest BCUT2D eigenvalue weighted by molar-refractivity contribution is 0.291. The highest BCUT2D eigenvalue weighted by molar-refractivity contribution is 5.91. The number of benzene rings is 2. The largest absolute Gasteiger partial charge is 0.496 e. The van der Waals surface area contributed by atoms with Gasteiger partial charge in [0.1, 0.15) is 5.75 Å². The highest BCUT2D eigenvalue weighted by Crippen LogP contribution is 2.46. The molecule has 0 amide bonds. The first kappa shape index (κ1) is 20.5. The molecule has 0 aliphatic heterocycles. The maximum absolute atomic E-state index is 12.7. The number of fused-ring (bicyclic) bond motifs is 1. The maximum Gasteiger partial charge on any atom is 0.368 e. The summed E-state index contributed by atoms with van der Waals surface area (Å²) in [6.07, 6.45) is 5.27. The van der Waals surface area contributed by atoms with Crippen molar-refractivity contribution in [2.45, 2.75) is 44.9 Å². The predicted molar refractivity (Wildman–Crippen MR) is 121 cm³/mol. The first-order valence-electron chi connectivity index (χ1n) is 10.9. The Kier molecular flexibility index (Phi) is 5.09. The number of hydrogen-bond acceptors (Lipinski definition) is 6. The molecule has 2 aromatic carbocycles. The van der Waals surface area contributed by atoms with E-state index in [2.05, 4.69) is 22.6 Å². The van der Waals surface area contributed by atoms with E-state index < -0.39 is 0 Å². The summed E-state index contributed by atoms with van der Waals surface area (Å²) in [6, 6.07) is 9.98. The summed E-state index contributed by atoms with van der Waals surface area (Å²) in [5.74, 6) is 7.81. The minimum atomic E-state index is -0.321. The van der Waals surface area contributed by atoms with E-state index in [1.165, 1.54) is 20.5 Å². The van der Waals surface area contributed by atoms with Crippen LogP contribution < -0.4 is 16.3 Å². The minimum absolute atomic E-state index is 0.321. The van der Waals surface area contributed by atoms with Crippen LogP contribution in [0, 0.1) is 0 Å². The summed E-state index contributed by atoms with van der Waals surface area (Å²) in [7, 11) is 3.29. The van der Waals surface area contributed by atoms with Crippen LogP contribution in [-0.2, 0) is 24.7 Å². The molecule has 1 saturated carbocycles. The number of aryl methyl sites for hydroxylation is 1. The van der Waals surface area contributed by atoms with Gasteiger partial charge >= 0.3 is 5.69 Å². The average molecular weight is 434 g/mol. The third-order valence-electron chi connectivity index (χ3n) is 6.59. The van der Waals surface area contributed by atoms with Crippen LogP contribution in [0.1, 0.15) is 59.9 Å². The molecule has 0 bridgehead atoms. The van der Waals surface area contributed by atoms with Gasteiger partial charge in [0.2, 0.25) is 0 Å². The Morgan fingerprint density at radius 3 is 2.56 bits per heavy atom. The van der Waals surface area contributed by atoms with Gasteiger partial charge in [0.05, 0.1) is 12.8 Å². The fourth-order valence-corrected chi connectivity index (χ4v) is 4.85. The second kappa shape index (κ2) is 7.94. The zero-order valence-electron chi connectivity index (χ0n) is 18.6. The molecule has 2 N–H and O–H groups in total. The molecule has 0 unspecified atom stereocenters. The molecule has 8 heteroatoms. The molecule has 8 nitrogen and oxygen atoms in total. The number of methoxy groups -OCH3 is 1. The molecule has 2 aliphatic carbocycles. The van der Waals surface area contributed by atoms with Crippen LogP contribution in [0.2, 0.25) is 0 Å². The molecule has 3 aromatic rings. The van der Waals surface area contributed by atoms with Gasteiger partial charge < -0.3 is 9.57 Å². The monoisotopic (exact) mass is 433 g/mol. The zero-order valence-corrected chi connectivity index (χ0v) is 18.6. The van der Waals surface area contributed by atoms with Gasteiger partial charge in [-0.25, -0.2) is 4.79 Å². The molecule has 2 aliphatic rings. The molecule has 0 radical (unpaired) electrons. The second-order valence-corrected chi connectivity index (χ2v) is 8.51. The first-order valence-corrected chi connectivity index (χ1v) is 10.9. The lowest BCUT2D eigenvalue weighted by Gasteiger charge is -2.19. The third-order valence-corrected chi connectivity index (χ3v) is 6.59. The van der Waals surface area contributed by atoms with Gasteiger partial charge in [0.15, 0.2) is 5.76 Å². The molecule has 0 atom stereocenters. The number of tetrazole rings is 1. The van der Waals surface area contributed by atoms with Crippen LogP contribution in [0.15, 0.2) is 35.1 Å². The topological polar surface area (TPSA) is 97.2 Å². The Hall–Kier alpha value is -3.39. The van der Waals surface area contributed by atoms with Crippen molar-refractivity contribution in [1.29, 1.82) is 0 Å². The van der Waals surface area contributed by atoms with Gasteiger partial charge in [-0.1, -0.05) is 18.2 Å². The summed E-state index contributed by atoms with van der Waals surface area (Å²) in [4.78, 5) is 18.3. The molecule has 1 heterocycles. The Labute approximate surface area is 186 Å². The van der Waals surface area contributed by atoms with Crippen molar-refractivity contribution in [3.8, 4) is 11.4 Å². The molecule has 5 rings (SSSR count). The van der Waals surface area contributed by atoms with Crippen molar-refractivity contribution in [3.05, 3.63) is 68.6 Å². The van der Waals surface area contributed by atoms with Crippen LogP contribution in [0.3, 0.4) is 0 Å². The Morgan fingerprint density at radius 1 is 1.12 bits per heavy atom. The summed E-state index contributed by atoms with van der Waals surface area (Å²) in [5.41, 5.74) is 6.78. The number of allylic oxidation sites excluding steroid dienone is 1. The lowest BCUT2D eigenvalue weighted by atomic mass is 9.91. The summed E-state index contributed by atoms with van der Waals surface area (Å²) >= 11 is 0. The third kappa shape index (κ3) is 3.22. The van der Waals surface area contributed by atoms with Crippen molar-refractivity contribution in [1.82, 2.24) is 19.8 Å². The van der Waals surface area contributed by atoms with Crippen molar-refractivity contribution in [2.24, 2.45) is 12.9 Å². The smallest absolute Gasteiger partial charge is 0.368 e. The van der Waals surface area contributed by atoms with Gasteiger partial charge in [0.25, 0.3) is 0 Å². The van der Waals surface area contributed by atoms with E-state index in [1.54, 1.807) is 14.2 Å². The molecule has 166 valence electrons. The molecule has 32 heavy (non-hydrogen) atoms. The minimum Gasteiger partial charge on any atom is -0.496 e. The van der Waals surface area contributed by atoms with Crippen LogP contribution >= 0.6 is 0 Å². The lowest BCUT2D eigenvalue weighted by Crippen LogP contribution is -2.23. The van der Waals surface area contributed by atoms with Crippen molar-refractivity contribution in [3.63, 3.8) is 0 Å². The first-order chi connectivity index (χ1) is 15.5. The normalized spacial score (nSPS) is 16.0. The summed E-state index contributed by atoms with van der Waals surface area (Å²) < 4.78 is 8.11. The number of rotatable bonds is 6. The van der Waals surface area contributed by atoms with Gasteiger partial charge in [-0.05, 0) is 89.8 Å². The Morgan fingerprint density at radius 2 is 1.91 bits per heavy atom. The van der Waals surface area contributed by atoms with Crippen LogP contribution in [-0.4, -0.2) is 26.9 Å². The summed E-state index contributed by atoms with van der Waals surface area (Å²) in [5, 5.41) is 7.97. The van der Waals surface area contributed by atoms with E-state index in [4.69, 9.17) is 15.5 Å². The Bertz CT molecular complexity index is 1280. The van der Waals surface area contributed by atoms with Crippen LogP contribution in [0.5, 0.6) is 5.75 Å². The average Bonchev–Trinajstić information content (AvgIpc) is 3.44. The van der Waals surface area contributed by atoms with E-state index in [-0.39, 0.29) is 5.69 Å². The number of nitrogens with two attached hydrogens (primary N) is 1. The molecular formula is C24H27N5O3. The Balaban J connectivity index is 1.77. The molecule has 1 fully saturated rings. The summed E-state index contributed by atoms with van der Waals surface area (Å²) in [6.45, 7) is 2.02. The van der Waals surface area contributed by atoms with Crippen molar-refractivity contribution in [2.75, 3.05) is 7.11 Å².